The molecule has 0 aliphatic heterocycles. The van der Waals surface area contributed by atoms with Gasteiger partial charge in [0.05, 0.1) is 0 Å². The van der Waals surface area contributed by atoms with Gasteiger partial charge in [0.25, 0.3) is 5.76 Å². The molecule has 0 amide bonds. The lowest BCUT2D eigenvalue weighted by Crippen LogP contribution is -2.28. The molecular weight excluding hydrogens is 249 g/mol. The van der Waals surface area contributed by atoms with Crippen LogP contribution >= 0.6 is 11.8 Å². The zero-order valence-electron chi connectivity index (χ0n) is 7.84. The van der Waals surface area contributed by atoms with Crippen LogP contribution in [0.3, 0.4) is 0 Å². The Bertz CT molecular complexity index is 352. The Hall–Kier alpha value is -0.820. The second kappa shape index (κ2) is 5.01. The smallest absolute Gasteiger partial charge is 0.316 e. The summed E-state index contributed by atoms with van der Waals surface area (Å²) in [4.78, 5) is 0.0622. The van der Waals surface area contributed by atoms with E-state index in [2.05, 4.69) is 0 Å². The maximum Gasteiger partial charge on any atom is 0.407 e. The van der Waals surface area contributed by atoms with Crippen molar-refractivity contribution in [3.8, 4) is 0 Å². The fraction of sp³-hybridized carbons (Fsp3) is 0.333. The molecule has 1 rings (SSSR count). The van der Waals surface area contributed by atoms with Crippen LogP contribution < -0.4 is 5.73 Å². The Morgan fingerprint density at radius 2 is 1.81 bits per heavy atom. The molecule has 0 aliphatic carbocycles. The first-order valence-electron chi connectivity index (χ1n) is 4.18. The number of hydrogen-bond acceptors (Lipinski definition) is 2. The van der Waals surface area contributed by atoms with Gasteiger partial charge in [-0.3, -0.25) is 0 Å². The van der Waals surface area contributed by atoms with E-state index in [1.165, 1.54) is 12.1 Å². The number of hydrogen-bond donors (Lipinski definition) is 1. The van der Waals surface area contributed by atoms with Crippen molar-refractivity contribution in [2.45, 2.75) is 22.9 Å². The summed E-state index contributed by atoms with van der Waals surface area (Å²) in [5.41, 5.74) is 4.73. The van der Waals surface area contributed by atoms with Crippen LogP contribution in [0.2, 0.25) is 0 Å². The molecule has 0 saturated heterocycles. The molecule has 0 heterocycles. The van der Waals surface area contributed by atoms with Crippen molar-refractivity contribution >= 4 is 11.8 Å². The van der Waals surface area contributed by atoms with E-state index in [0.717, 1.165) is 12.1 Å². The van der Waals surface area contributed by atoms with Crippen LogP contribution in [0.1, 0.15) is 11.6 Å². The average molecular weight is 257 g/mol. The highest BCUT2D eigenvalue weighted by Gasteiger charge is 2.37. The number of thioether (sulfide) groups is 1. The average Bonchev–Trinajstić information content (AvgIpc) is 2.14. The summed E-state index contributed by atoms with van der Waals surface area (Å²) < 4.78 is 60.7. The van der Waals surface area contributed by atoms with Crippen LogP contribution in [-0.4, -0.2) is 11.9 Å². The van der Waals surface area contributed by atoms with Crippen LogP contribution in [0.4, 0.5) is 22.0 Å². The SMILES string of the molecule is NC(c1cccc(SC(F)F)c1)C(F)(F)F. The monoisotopic (exact) mass is 257 g/mol. The third-order valence-corrected chi connectivity index (χ3v) is 2.50. The molecule has 1 unspecified atom stereocenters. The molecule has 0 aliphatic rings. The minimum absolute atomic E-state index is 0.0622. The van der Waals surface area contributed by atoms with Gasteiger partial charge >= 0.3 is 6.18 Å². The Morgan fingerprint density at radius 1 is 1.19 bits per heavy atom. The quantitative estimate of drug-likeness (QED) is 0.661. The van der Waals surface area contributed by atoms with Gasteiger partial charge in [0.2, 0.25) is 0 Å². The third-order valence-electron chi connectivity index (χ3n) is 1.80. The largest absolute Gasteiger partial charge is 0.407 e. The summed E-state index contributed by atoms with van der Waals surface area (Å²) in [6, 6.07) is 2.61. The number of nitrogens with two attached hydrogens (primary N) is 1. The minimum atomic E-state index is -4.58. The highest BCUT2D eigenvalue weighted by Crippen LogP contribution is 2.33. The van der Waals surface area contributed by atoms with Crippen LogP contribution in [0.5, 0.6) is 0 Å². The molecule has 0 saturated carbocycles. The molecule has 0 fully saturated rings. The van der Waals surface area contributed by atoms with Gasteiger partial charge in [-0.1, -0.05) is 23.9 Å². The van der Waals surface area contributed by atoms with Crippen LogP contribution in [-0.2, 0) is 0 Å². The summed E-state index contributed by atoms with van der Waals surface area (Å²) in [7, 11) is 0. The molecule has 7 heteroatoms. The minimum Gasteiger partial charge on any atom is -0.316 e. The number of rotatable bonds is 3. The molecule has 16 heavy (non-hydrogen) atoms. The third kappa shape index (κ3) is 3.64. The summed E-state index contributed by atoms with van der Waals surface area (Å²) in [6.45, 7) is 0. The van der Waals surface area contributed by atoms with Gasteiger partial charge < -0.3 is 5.73 Å². The molecule has 1 nitrogen and oxygen atoms in total. The Morgan fingerprint density at radius 3 is 2.31 bits per heavy atom. The summed E-state index contributed by atoms with van der Waals surface area (Å²) in [5.74, 6) is -2.67. The Labute approximate surface area is 92.8 Å². The lowest BCUT2D eigenvalue weighted by Gasteiger charge is -2.16. The highest BCUT2D eigenvalue weighted by atomic mass is 32.2. The van der Waals surface area contributed by atoms with E-state index in [1.54, 1.807) is 0 Å². The lowest BCUT2D eigenvalue weighted by molar-refractivity contribution is -0.149. The van der Waals surface area contributed by atoms with Crippen molar-refractivity contribution in [2.24, 2.45) is 5.73 Å². The van der Waals surface area contributed by atoms with E-state index in [4.69, 9.17) is 5.73 Å². The first-order chi connectivity index (χ1) is 7.30. The summed E-state index contributed by atoms with van der Waals surface area (Å²) in [6.07, 6.45) is -4.58. The number of alkyl halides is 5. The molecule has 0 aromatic heterocycles. The van der Waals surface area contributed by atoms with E-state index in [-0.39, 0.29) is 22.2 Å². The number of halogens is 5. The van der Waals surface area contributed by atoms with Gasteiger partial charge in [0.15, 0.2) is 0 Å². The molecule has 0 bridgehead atoms. The van der Waals surface area contributed by atoms with Gasteiger partial charge in [0.1, 0.15) is 6.04 Å². The van der Waals surface area contributed by atoms with E-state index >= 15 is 0 Å². The summed E-state index contributed by atoms with van der Waals surface area (Å²) >= 11 is 0.184. The highest BCUT2D eigenvalue weighted by molar-refractivity contribution is 7.99. The van der Waals surface area contributed by atoms with Gasteiger partial charge in [-0.25, -0.2) is 0 Å². The van der Waals surface area contributed by atoms with Crippen molar-refractivity contribution in [1.29, 1.82) is 0 Å². The van der Waals surface area contributed by atoms with Gasteiger partial charge in [-0.15, -0.1) is 0 Å². The first-order valence-corrected chi connectivity index (χ1v) is 5.05. The van der Waals surface area contributed by atoms with E-state index in [0.29, 0.717) is 0 Å². The second-order valence-corrected chi connectivity index (χ2v) is 4.03. The molecular formula is C9H8F5NS. The van der Waals surface area contributed by atoms with Crippen molar-refractivity contribution in [1.82, 2.24) is 0 Å². The second-order valence-electron chi connectivity index (χ2n) is 2.97. The summed E-state index contributed by atoms with van der Waals surface area (Å²) in [5, 5.41) is 0. The molecule has 1 aromatic carbocycles. The van der Waals surface area contributed by atoms with Crippen molar-refractivity contribution in [3.63, 3.8) is 0 Å². The lowest BCUT2D eigenvalue weighted by atomic mass is 10.1. The maximum absolute atomic E-state index is 12.2. The van der Waals surface area contributed by atoms with Crippen molar-refractivity contribution in [3.05, 3.63) is 29.8 Å². The molecule has 1 aromatic rings. The predicted molar refractivity (Wildman–Crippen MR) is 51.3 cm³/mol. The normalized spacial score (nSPS) is 14.2. The predicted octanol–water partition coefficient (Wildman–Crippen LogP) is 3.56. The van der Waals surface area contributed by atoms with Crippen LogP contribution in [0.25, 0.3) is 0 Å². The molecule has 1 atom stereocenters. The van der Waals surface area contributed by atoms with E-state index in [1.807, 2.05) is 0 Å². The van der Waals surface area contributed by atoms with Crippen molar-refractivity contribution < 1.29 is 22.0 Å². The van der Waals surface area contributed by atoms with Crippen LogP contribution in [0, 0.1) is 0 Å². The van der Waals surface area contributed by atoms with Crippen molar-refractivity contribution in [2.75, 3.05) is 0 Å². The van der Waals surface area contributed by atoms with Crippen LogP contribution in [0.15, 0.2) is 29.2 Å². The number of benzene rings is 1. The topological polar surface area (TPSA) is 26.0 Å². The fourth-order valence-electron chi connectivity index (χ4n) is 1.07. The Kier molecular flexibility index (Phi) is 4.15. The molecule has 2 N–H and O–H groups in total. The molecule has 0 spiro atoms. The van der Waals surface area contributed by atoms with E-state index < -0.39 is 18.0 Å². The van der Waals surface area contributed by atoms with E-state index in [9.17, 15) is 22.0 Å². The maximum atomic E-state index is 12.2. The molecule has 0 radical (unpaired) electrons. The fourth-order valence-corrected chi connectivity index (χ4v) is 1.64. The Balaban J connectivity index is 2.90. The standard InChI is InChI=1S/C9H8F5NS/c10-8(11)16-6-3-1-2-5(4-6)7(15)9(12,13)14/h1-4,7-8H,15H2. The van der Waals surface area contributed by atoms with Gasteiger partial charge in [-0.2, -0.15) is 22.0 Å². The zero-order chi connectivity index (χ0) is 12.3. The zero-order valence-corrected chi connectivity index (χ0v) is 8.66. The van der Waals surface area contributed by atoms with Gasteiger partial charge in [-0.05, 0) is 17.7 Å². The molecule has 90 valence electrons. The first kappa shape index (κ1) is 13.2. The van der Waals surface area contributed by atoms with Gasteiger partial charge in [0, 0.05) is 4.90 Å².